The first kappa shape index (κ1) is 35.5. The van der Waals surface area contributed by atoms with E-state index in [0.29, 0.717) is 11.3 Å². The van der Waals surface area contributed by atoms with Crippen LogP contribution in [0.2, 0.25) is 0 Å². The third-order valence-corrected chi connectivity index (χ3v) is 8.68. The minimum atomic E-state index is -1.70. The van der Waals surface area contributed by atoms with E-state index in [0.717, 1.165) is 18.4 Å². The van der Waals surface area contributed by atoms with E-state index in [2.05, 4.69) is 19.1 Å². The molecule has 1 heterocycles. The topological polar surface area (TPSA) is 118 Å². The Bertz CT molecular complexity index is 1170. The Kier molecular flexibility index (Phi) is 13.8. The lowest BCUT2D eigenvalue weighted by molar-refractivity contribution is -0.934. The average Bonchev–Trinajstić information content (AvgIpc) is 3.07. The van der Waals surface area contributed by atoms with Crippen LogP contribution in [0, 0.1) is 11.8 Å². The van der Waals surface area contributed by atoms with Crippen molar-refractivity contribution in [2.24, 2.45) is 11.8 Å². The average molecular weight is 583 g/mol. The fourth-order valence-electron chi connectivity index (χ4n) is 5.59. The Morgan fingerprint density at radius 2 is 1.71 bits per heavy atom. The molecule has 0 bridgehead atoms. The normalized spacial score (nSPS) is 25.6. The number of carbonyl (C=O) groups is 1. The maximum absolute atomic E-state index is 12.6. The Morgan fingerprint density at radius 3 is 2.36 bits per heavy atom. The van der Waals surface area contributed by atoms with E-state index in [-0.39, 0.29) is 42.3 Å². The third kappa shape index (κ3) is 9.43. The lowest BCUT2D eigenvalue weighted by atomic mass is 9.88. The molecule has 5 N–H and O–H groups in total. The van der Waals surface area contributed by atoms with Gasteiger partial charge < -0.3 is 25.5 Å². The standard InChI is InChI=1S/C35H52NO6/c1-25(14-12-15-26(2)33(40)27(3)19-20-29-16-8-7-9-17-29)13-10-11-18-30(38)23-31(39)24-32-28(4)34(41)35(5,42)36(32,6)21-22-37/h7-18,26-27,30-31,33,37-40,42H,19-24H2,1-6H3/q+1/b13-10+,15-12+,18-11-,25-14+. The van der Waals surface area contributed by atoms with Gasteiger partial charge in [-0.15, -0.1) is 0 Å². The number of aliphatic hydroxyl groups excluding tert-OH is 4. The molecule has 1 aromatic rings. The highest BCUT2D eigenvalue weighted by atomic mass is 16.3. The smallest absolute Gasteiger partial charge is 0.267 e. The molecule has 0 spiro atoms. The molecule has 0 aromatic heterocycles. The molecule has 0 amide bonds. The fourth-order valence-corrected chi connectivity index (χ4v) is 5.59. The lowest BCUT2D eigenvalue weighted by Gasteiger charge is -2.40. The van der Waals surface area contributed by atoms with Gasteiger partial charge in [0.2, 0.25) is 0 Å². The van der Waals surface area contributed by atoms with Crippen molar-refractivity contribution in [1.29, 1.82) is 0 Å². The summed E-state index contributed by atoms with van der Waals surface area (Å²) in [6.07, 6.45) is 12.8. The van der Waals surface area contributed by atoms with Crippen molar-refractivity contribution in [2.45, 2.75) is 84.3 Å². The van der Waals surface area contributed by atoms with E-state index in [9.17, 15) is 30.3 Å². The SMILES string of the molecule is CC1=C(CC(O)CC(O)\C=C/C=C/C(C)=C/C=C/C(C)C(O)C(C)CCc2ccccc2)[N+](C)(CCO)C(C)(O)C1=O. The van der Waals surface area contributed by atoms with Crippen LogP contribution in [0.5, 0.6) is 0 Å². The Morgan fingerprint density at radius 1 is 1.05 bits per heavy atom. The van der Waals surface area contributed by atoms with Gasteiger partial charge in [0.15, 0.2) is 0 Å². The molecule has 42 heavy (non-hydrogen) atoms. The number of ketones is 1. The molecule has 1 aliphatic heterocycles. The Labute approximate surface area is 252 Å². The molecule has 0 saturated heterocycles. The van der Waals surface area contributed by atoms with Crippen LogP contribution in [0.3, 0.4) is 0 Å². The summed E-state index contributed by atoms with van der Waals surface area (Å²) >= 11 is 0. The number of aryl methyl sites for hydroxylation is 1. The molecular weight excluding hydrogens is 530 g/mol. The van der Waals surface area contributed by atoms with E-state index >= 15 is 0 Å². The molecule has 7 heteroatoms. The van der Waals surface area contributed by atoms with E-state index in [1.807, 2.05) is 62.4 Å². The minimum absolute atomic E-state index is 0.0265. The molecule has 1 aromatic carbocycles. The second-order valence-electron chi connectivity index (χ2n) is 12.1. The highest BCUT2D eigenvalue weighted by molar-refractivity contribution is 6.02. The van der Waals surface area contributed by atoms with Crippen LogP contribution in [0.1, 0.15) is 59.4 Å². The van der Waals surface area contributed by atoms with Gasteiger partial charge >= 0.3 is 0 Å². The molecule has 7 unspecified atom stereocenters. The number of carbonyl (C=O) groups excluding carboxylic acids is 1. The van der Waals surface area contributed by atoms with Gasteiger partial charge in [-0.3, -0.25) is 9.28 Å². The van der Waals surface area contributed by atoms with E-state index < -0.39 is 29.8 Å². The molecule has 7 nitrogen and oxygen atoms in total. The maximum atomic E-state index is 12.6. The highest BCUT2D eigenvalue weighted by Gasteiger charge is 2.58. The van der Waals surface area contributed by atoms with Gasteiger partial charge in [-0.1, -0.05) is 92.3 Å². The summed E-state index contributed by atoms with van der Waals surface area (Å²) in [6.45, 7) is 9.06. The van der Waals surface area contributed by atoms with E-state index in [1.54, 1.807) is 26.1 Å². The zero-order valence-electron chi connectivity index (χ0n) is 26.1. The summed E-state index contributed by atoms with van der Waals surface area (Å²) in [5.41, 5.74) is 1.55. The van der Waals surface area contributed by atoms with Crippen molar-refractivity contribution in [3.63, 3.8) is 0 Å². The number of hydrogen-bond acceptors (Lipinski definition) is 6. The fraction of sp³-hybridized carbons (Fsp3) is 0.514. The second-order valence-corrected chi connectivity index (χ2v) is 12.1. The van der Waals surface area contributed by atoms with Gasteiger partial charge in [-0.25, -0.2) is 0 Å². The van der Waals surface area contributed by atoms with Gasteiger partial charge in [0.1, 0.15) is 12.2 Å². The van der Waals surface area contributed by atoms with Gasteiger partial charge in [0.05, 0.1) is 37.5 Å². The van der Waals surface area contributed by atoms with Crippen LogP contribution in [0.25, 0.3) is 0 Å². The number of nitrogens with zero attached hydrogens (tertiary/aromatic N) is 1. The summed E-state index contributed by atoms with van der Waals surface area (Å²) < 4.78 is -0.176. The molecule has 0 saturated carbocycles. The number of Topliss-reactive ketones (excluding diaryl/α,β-unsaturated/α-hetero) is 1. The quantitative estimate of drug-likeness (QED) is 0.146. The molecule has 0 aliphatic carbocycles. The summed E-state index contributed by atoms with van der Waals surface area (Å²) in [4.78, 5) is 12.6. The predicted octanol–water partition coefficient (Wildman–Crippen LogP) is 4.37. The molecule has 2 rings (SSSR count). The van der Waals surface area contributed by atoms with Gasteiger partial charge in [0.25, 0.3) is 11.5 Å². The van der Waals surface area contributed by atoms with Crippen LogP contribution in [0.15, 0.2) is 89.7 Å². The largest absolute Gasteiger partial charge is 0.392 e. The minimum Gasteiger partial charge on any atom is -0.392 e. The van der Waals surface area contributed by atoms with Gasteiger partial charge in [-0.2, -0.15) is 0 Å². The number of rotatable bonds is 16. The summed E-state index contributed by atoms with van der Waals surface area (Å²) in [6, 6.07) is 10.3. The molecular formula is C35H52NO6+. The summed E-state index contributed by atoms with van der Waals surface area (Å²) in [5, 5.41) is 52.1. The molecule has 1 aliphatic rings. The van der Waals surface area contributed by atoms with Gasteiger partial charge in [-0.05, 0) is 38.2 Å². The Hall–Kier alpha value is -2.65. The van der Waals surface area contributed by atoms with E-state index in [4.69, 9.17) is 0 Å². The first-order valence-electron chi connectivity index (χ1n) is 15.0. The van der Waals surface area contributed by atoms with Gasteiger partial charge in [0, 0.05) is 25.7 Å². The number of likely N-dealkylation sites (N-methyl/N-ethyl adjacent to an activating group) is 1. The molecule has 0 fully saturated rings. The van der Waals surface area contributed by atoms with E-state index in [1.165, 1.54) is 12.5 Å². The summed E-state index contributed by atoms with van der Waals surface area (Å²) in [5.74, 6) is -0.201. The number of quaternary nitrogens is 1. The molecule has 7 atom stereocenters. The van der Waals surface area contributed by atoms with Crippen LogP contribution in [-0.2, 0) is 11.2 Å². The van der Waals surface area contributed by atoms with Crippen molar-refractivity contribution in [1.82, 2.24) is 0 Å². The number of allylic oxidation sites excluding steroid dienone is 6. The lowest BCUT2D eigenvalue weighted by Crippen LogP contribution is -2.61. The first-order chi connectivity index (χ1) is 19.7. The van der Waals surface area contributed by atoms with Crippen LogP contribution in [0.4, 0.5) is 0 Å². The number of benzene rings is 1. The predicted molar refractivity (Wildman–Crippen MR) is 168 cm³/mol. The highest BCUT2D eigenvalue weighted by Crippen LogP contribution is 2.41. The van der Waals surface area contributed by atoms with Crippen LogP contribution in [-0.4, -0.2) is 80.0 Å². The van der Waals surface area contributed by atoms with Crippen molar-refractivity contribution in [3.8, 4) is 0 Å². The van der Waals surface area contributed by atoms with Crippen LogP contribution >= 0.6 is 0 Å². The molecule has 0 radical (unpaired) electrons. The summed E-state index contributed by atoms with van der Waals surface area (Å²) in [7, 11) is 1.68. The second kappa shape index (κ2) is 16.3. The number of hydrogen-bond donors (Lipinski definition) is 5. The van der Waals surface area contributed by atoms with Crippen LogP contribution < -0.4 is 0 Å². The van der Waals surface area contributed by atoms with Crippen molar-refractivity contribution < 1.29 is 34.8 Å². The number of aliphatic hydroxyl groups is 5. The van der Waals surface area contributed by atoms with Crippen molar-refractivity contribution in [2.75, 3.05) is 20.2 Å². The first-order valence-corrected chi connectivity index (χ1v) is 15.0. The zero-order chi connectivity index (χ0) is 31.5. The third-order valence-electron chi connectivity index (χ3n) is 8.68. The van der Waals surface area contributed by atoms with Crippen molar-refractivity contribution >= 4 is 5.78 Å². The zero-order valence-corrected chi connectivity index (χ0v) is 26.1. The Balaban J connectivity index is 1.83. The monoisotopic (exact) mass is 582 g/mol. The van der Waals surface area contributed by atoms with Crippen molar-refractivity contribution in [3.05, 3.63) is 95.3 Å². The molecule has 232 valence electrons. The maximum Gasteiger partial charge on any atom is 0.267 e.